The average molecular weight is 255 g/mol. The Morgan fingerprint density at radius 1 is 1.23 bits per heavy atom. The molecule has 2 unspecified atom stereocenters. The van der Waals surface area contributed by atoms with Crippen LogP contribution in [0.3, 0.4) is 0 Å². The summed E-state index contributed by atoms with van der Waals surface area (Å²) < 4.78 is 0. The summed E-state index contributed by atoms with van der Waals surface area (Å²) in [4.78, 5) is 2.48. The molecule has 2 nitrogen and oxygen atoms in total. The minimum Gasteiger partial charge on any atom is -0.661 e. The summed E-state index contributed by atoms with van der Waals surface area (Å²) in [5.74, 6) is 0.902. The fourth-order valence-corrected chi connectivity index (χ4v) is 2.20. The molecule has 0 N–H and O–H groups in total. The molecule has 0 bridgehead atoms. The SMILES string of the molecule is CC.CN1CCCC2C[N-]CC21.[Rb+]. The molecule has 0 aliphatic carbocycles. The van der Waals surface area contributed by atoms with Crippen LogP contribution in [0.1, 0.15) is 26.7 Å². The van der Waals surface area contributed by atoms with Gasteiger partial charge < -0.3 is 10.2 Å². The summed E-state index contributed by atoms with van der Waals surface area (Å²) in [6.45, 7) is 7.52. The number of likely N-dealkylation sites (N-methyl/N-ethyl adjacent to an activating group) is 1. The average Bonchev–Trinajstić information content (AvgIpc) is 2.57. The van der Waals surface area contributed by atoms with Gasteiger partial charge in [0.25, 0.3) is 0 Å². The van der Waals surface area contributed by atoms with Crippen LogP contribution in [0.25, 0.3) is 5.32 Å². The molecule has 0 aromatic carbocycles. The van der Waals surface area contributed by atoms with Crippen molar-refractivity contribution in [2.45, 2.75) is 32.7 Å². The Kier molecular flexibility index (Phi) is 9.00. The number of nitrogens with zero attached hydrogens (tertiary/aromatic N) is 2. The van der Waals surface area contributed by atoms with Crippen molar-refractivity contribution in [2.75, 3.05) is 26.7 Å². The van der Waals surface area contributed by atoms with Crippen LogP contribution in [-0.4, -0.2) is 37.6 Å². The molecule has 0 amide bonds. The molecule has 3 heteroatoms. The maximum Gasteiger partial charge on any atom is 1.00 e. The van der Waals surface area contributed by atoms with Gasteiger partial charge in [0.05, 0.1) is 0 Å². The smallest absolute Gasteiger partial charge is 0.661 e. The molecule has 2 aliphatic rings. The van der Waals surface area contributed by atoms with Crippen LogP contribution in [0.5, 0.6) is 0 Å². The molecule has 0 saturated carbocycles. The Morgan fingerprint density at radius 2 is 1.92 bits per heavy atom. The third-order valence-electron chi connectivity index (χ3n) is 2.88. The maximum atomic E-state index is 4.44. The number of likely N-dealkylation sites (tertiary alicyclic amines) is 1. The normalized spacial score (nSPS) is 32.5. The first-order valence-electron chi connectivity index (χ1n) is 5.21. The number of hydrogen-bond acceptors (Lipinski definition) is 1. The minimum absolute atomic E-state index is 0. The Morgan fingerprint density at radius 3 is 2.54 bits per heavy atom. The molecule has 2 aliphatic heterocycles. The summed E-state index contributed by atoms with van der Waals surface area (Å²) in [5, 5.41) is 4.44. The van der Waals surface area contributed by atoms with Crippen molar-refractivity contribution < 1.29 is 58.2 Å². The van der Waals surface area contributed by atoms with Crippen LogP contribution in [0, 0.1) is 5.92 Å². The van der Waals surface area contributed by atoms with Gasteiger partial charge in [-0.3, -0.25) is 0 Å². The number of fused-ring (bicyclic) bond motifs is 1. The zero-order chi connectivity index (χ0) is 8.97. The van der Waals surface area contributed by atoms with E-state index in [2.05, 4.69) is 17.3 Å². The zero-order valence-corrected chi connectivity index (χ0v) is 14.5. The van der Waals surface area contributed by atoms with E-state index in [0.29, 0.717) is 0 Å². The monoisotopic (exact) mass is 254 g/mol. The van der Waals surface area contributed by atoms with E-state index in [9.17, 15) is 0 Å². The van der Waals surface area contributed by atoms with Crippen molar-refractivity contribution in [2.24, 2.45) is 5.92 Å². The molecule has 2 rings (SSSR count). The standard InChI is InChI=1S/C8H15N2.C2H6.Rb/c1-10-4-2-3-7-5-9-6-8(7)10;1-2;/h7-8H,2-6H2,1H3;1-2H3;/q-1;;+1. The quantitative estimate of drug-likeness (QED) is 0.549. The second-order valence-electron chi connectivity index (χ2n) is 3.54. The van der Waals surface area contributed by atoms with E-state index < -0.39 is 0 Å². The molecule has 0 spiro atoms. The molecule has 0 radical (unpaired) electrons. The molecule has 0 aromatic rings. The van der Waals surface area contributed by atoms with E-state index in [4.69, 9.17) is 0 Å². The van der Waals surface area contributed by atoms with E-state index in [0.717, 1.165) is 25.0 Å². The third-order valence-corrected chi connectivity index (χ3v) is 2.88. The largest absolute Gasteiger partial charge is 1.00 e. The van der Waals surface area contributed by atoms with Crippen LogP contribution in [0.2, 0.25) is 0 Å². The van der Waals surface area contributed by atoms with Gasteiger partial charge in [-0.25, -0.2) is 0 Å². The molecule has 72 valence electrons. The number of hydrogen-bond donors (Lipinski definition) is 0. The molecular weight excluding hydrogens is 234 g/mol. The third kappa shape index (κ3) is 4.00. The first-order chi connectivity index (χ1) is 5.88. The van der Waals surface area contributed by atoms with Gasteiger partial charge in [-0.1, -0.05) is 13.8 Å². The van der Waals surface area contributed by atoms with Crippen molar-refractivity contribution in [3.8, 4) is 0 Å². The van der Waals surface area contributed by atoms with Crippen molar-refractivity contribution in [3.63, 3.8) is 0 Å². The van der Waals surface area contributed by atoms with Crippen LogP contribution in [0.15, 0.2) is 0 Å². The minimum atomic E-state index is 0. The molecule has 2 heterocycles. The van der Waals surface area contributed by atoms with Crippen molar-refractivity contribution in [3.05, 3.63) is 5.32 Å². The van der Waals surface area contributed by atoms with Crippen LogP contribution >= 0.6 is 0 Å². The number of rotatable bonds is 0. The Bertz CT molecular complexity index is 130. The summed E-state index contributed by atoms with van der Waals surface area (Å²) >= 11 is 0. The van der Waals surface area contributed by atoms with Gasteiger partial charge in [0.15, 0.2) is 0 Å². The van der Waals surface area contributed by atoms with Gasteiger partial charge in [0.1, 0.15) is 0 Å². The molecular formula is C10H21N2Rb. The second-order valence-corrected chi connectivity index (χ2v) is 3.54. The van der Waals surface area contributed by atoms with E-state index in [1.54, 1.807) is 0 Å². The zero-order valence-electron chi connectivity index (χ0n) is 9.58. The van der Waals surface area contributed by atoms with E-state index in [1.807, 2.05) is 13.8 Å². The summed E-state index contributed by atoms with van der Waals surface area (Å²) in [7, 11) is 2.23. The molecule has 13 heavy (non-hydrogen) atoms. The van der Waals surface area contributed by atoms with Gasteiger partial charge >= 0.3 is 58.2 Å². The van der Waals surface area contributed by atoms with Crippen LogP contribution < -0.4 is 58.2 Å². The van der Waals surface area contributed by atoms with Crippen LogP contribution in [-0.2, 0) is 0 Å². The van der Waals surface area contributed by atoms with E-state index >= 15 is 0 Å². The predicted molar refractivity (Wildman–Crippen MR) is 53.6 cm³/mol. The summed E-state index contributed by atoms with van der Waals surface area (Å²) in [5.41, 5.74) is 0. The van der Waals surface area contributed by atoms with Crippen LogP contribution in [0.4, 0.5) is 0 Å². The van der Waals surface area contributed by atoms with Gasteiger partial charge in [-0.2, -0.15) is 0 Å². The molecule has 2 atom stereocenters. The van der Waals surface area contributed by atoms with Crippen molar-refractivity contribution in [1.29, 1.82) is 0 Å². The fourth-order valence-electron chi connectivity index (χ4n) is 2.20. The van der Waals surface area contributed by atoms with Crippen molar-refractivity contribution >= 4 is 0 Å². The van der Waals surface area contributed by atoms with Gasteiger partial charge in [0, 0.05) is 0 Å². The Balaban J connectivity index is 0.000000451. The second kappa shape index (κ2) is 7.95. The maximum absolute atomic E-state index is 4.44. The van der Waals surface area contributed by atoms with Gasteiger partial charge in [-0.15, -0.1) is 13.1 Å². The predicted octanol–water partition coefficient (Wildman–Crippen LogP) is -0.886. The molecule has 2 saturated heterocycles. The first-order valence-corrected chi connectivity index (χ1v) is 5.21. The van der Waals surface area contributed by atoms with Gasteiger partial charge in [0.2, 0.25) is 0 Å². The first kappa shape index (κ1) is 14.7. The topological polar surface area (TPSA) is 17.3 Å². The Hall–Kier alpha value is 1.73. The molecule has 0 aromatic heterocycles. The Labute approximate surface area is 132 Å². The summed E-state index contributed by atoms with van der Waals surface area (Å²) in [6.07, 6.45) is 2.80. The number of piperidine rings is 1. The van der Waals surface area contributed by atoms with Gasteiger partial charge in [-0.05, 0) is 38.4 Å². The van der Waals surface area contributed by atoms with Crippen molar-refractivity contribution in [1.82, 2.24) is 4.90 Å². The van der Waals surface area contributed by atoms with E-state index in [1.165, 1.54) is 19.4 Å². The fraction of sp³-hybridized carbons (Fsp3) is 1.00. The summed E-state index contributed by atoms with van der Waals surface area (Å²) in [6, 6.07) is 0.800. The molecule has 2 fully saturated rings. The van der Waals surface area contributed by atoms with E-state index in [-0.39, 0.29) is 58.2 Å².